The average molecular weight is 319 g/mol. The largest absolute Gasteiger partial charge is 0.496 e. The Hall–Kier alpha value is -1.85. The number of hydrogen-bond donors (Lipinski definition) is 0. The Labute approximate surface area is 132 Å². The van der Waals surface area contributed by atoms with Crippen LogP contribution in [0.2, 0.25) is 0 Å². The molecule has 4 nitrogen and oxygen atoms in total. The third-order valence-electron chi connectivity index (χ3n) is 3.56. The summed E-state index contributed by atoms with van der Waals surface area (Å²) in [5.41, 5.74) is 2.94. The molecule has 0 N–H and O–H groups in total. The van der Waals surface area contributed by atoms with E-state index in [0.717, 1.165) is 16.7 Å². The first-order valence-electron chi connectivity index (χ1n) is 7.01. The first-order valence-corrected chi connectivity index (χ1v) is 8.45. The first-order chi connectivity index (χ1) is 10.3. The van der Waals surface area contributed by atoms with E-state index in [1.165, 1.54) is 4.31 Å². The summed E-state index contributed by atoms with van der Waals surface area (Å²) >= 11 is 0. The van der Waals surface area contributed by atoms with Gasteiger partial charge >= 0.3 is 0 Å². The van der Waals surface area contributed by atoms with Crippen LogP contribution in [-0.2, 0) is 16.6 Å². The van der Waals surface area contributed by atoms with Crippen LogP contribution in [0.1, 0.15) is 16.7 Å². The Morgan fingerprint density at radius 3 is 2.18 bits per heavy atom. The van der Waals surface area contributed by atoms with Gasteiger partial charge in [0.15, 0.2) is 0 Å². The summed E-state index contributed by atoms with van der Waals surface area (Å²) in [6, 6.07) is 12.6. The van der Waals surface area contributed by atoms with E-state index in [9.17, 15) is 8.42 Å². The maximum atomic E-state index is 12.6. The van der Waals surface area contributed by atoms with Crippen molar-refractivity contribution < 1.29 is 13.2 Å². The molecule has 0 saturated carbocycles. The van der Waals surface area contributed by atoms with Crippen molar-refractivity contribution in [2.75, 3.05) is 14.2 Å². The summed E-state index contributed by atoms with van der Waals surface area (Å²) < 4.78 is 31.9. The highest BCUT2D eigenvalue weighted by atomic mass is 32.2. The molecule has 118 valence electrons. The molecule has 22 heavy (non-hydrogen) atoms. The Morgan fingerprint density at radius 1 is 1.00 bits per heavy atom. The van der Waals surface area contributed by atoms with E-state index < -0.39 is 10.0 Å². The summed E-state index contributed by atoms with van der Waals surface area (Å²) in [7, 11) is -0.348. The van der Waals surface area contributed by atoms with E-state index in [1.54, 1.807) is 38.4 Å². The molecule has 0 unspecified atom stereocenters. The lowest BCUT2D eigenvalue weighted by atomic mass is 10.1. The number of benzene rings is 2. The molecular formula is C17H21NO3S. The highest BCUT2D eigenvalue weighted by Gasteiger charge is 2.21. The highest BCUT2D eigenvalue weighted by Crippen LogP contribution is 2.24. The number of rotatable bonds is 5. The van der Waals surface area contributed by atoms with Crippen LogP contribution in [0.4, 0.5) is 0 Å². The Kier molecular flexibility index (Phi) is 4.88. The minimum Gasteiger partial charge on any atom is -0.496 e. The zero-order valence-electron chi connectivity index (χ0n) is 13.3. The zero-order chi connectivity index (χ0) is 16.3. The molecule has 0 fully saturated rings. The van der Waals surface area contributed by atoms with Gasteiger partial charge in [0.25, 0.3) is 0 Å². The van der Waals surface area contributed by atoms with Crippen molar-refractivity contribution in [1.82, 2.24) is 4.31 Å². The second-order valence-corrected chi connectivity index (χ2v) is 7.43. The van der Waals surface area contributed by atoms with Crippen molar-refractivity contribution in [1.29, 1.82) is 0 Å². The van der Waals surface area contributed by atoms with E-state index >= 15 is 0 Å². The minimum atomic E-state index is -3.51. The Morgan fingerprint density at radius 2 is 1.59 bits per heavy atom. The molecule has 0 aromatic heterocycles. The summed E-state index contributed by atoms with van der Waals surface area (Å²) in [5.74, 6) is 0.691. The second-order valence-electron chi connectivity index (χ2n) is 5.39. The fraction of sp³-hybridized carbons (Fsp3) is 0.294. The minimum absolute atomic E-state index is 0.265. The number of aryl methyl sites for hydroxylation is 2. The number of ether oxygens (including phenoxy) is 1. The molecular weight excluding hydrogens is 298 g/mol. The lowest BCUT2D eigenvalue weighted by Gasteiger charge is -2.19. The summed E-state index contributed by atoms with van der Waals surface area (Å²) in [4.78, 5) is 0.298. The van der Waals surface area contributed by atoms with Crippen LogP contribution in [0.25, 0.3) is 0 Å². The van der Waals surface area contributed by atoms with Gasteiger partial charge in [0.1, 0.15) is 5.75 Å². The van der Waals surface area contributed by atoms with Crippen LogP contribution >= 0.6 is 0 Å². The molecule has 0 spiro atoms. The number of sulfonamides is 1. The number of hydrogen-bond acceptors (Lipinski definition) is 3. The predicted molar refractivity (Wildman–Crippen MR) is 87.6 cm³/mol. The molecule has 0 bridgehead atoms. The quantitative estimate of drug-likeness (QED) is 0.850. The second kappa shape index (κ2) is 6.50. The smallest absolute Gasteiger partial charge is 0.243 e. The molecule has 0 aliphatic heterocycles. The standard InChI is InChI=1S/C17H21NO3S/c1-13-5-8-16(9-6-13)22(19,20)18(3)12-15-11-14(2)7-10-17(15)21-4/h5-11H,12H2,1-4H3. The maximum Gasteiger partial charge on any atom is 0.243 e. The summed E-state index contributed by atoms with van der Waals surface area (Å²) in [5, 5.41) is 0. The molecule has 0 atom stereocenters. The molecule has 0 amide bonds. The van der Waals surface area contributed by atoms with Crippen LogP contribution < -0.4 is 4.74 Å². The molecule has 2 rings (SSSR count). The van der Waals surface area contributed by atoms with Crippen LogP contribution in [0.15, 0.2) is 47.4 Å². The third kappa shape index (κ3) is 3.48. The van der Waals surface area contributed by atoms with Gasteiger partial charge in [-0.25, -0.2) is 8.42 Å². The lowest BCUT2D eigenvalue weighted by Crippen LogP contribution is -2.26. The van der Waals surface area contributed by atoms with Crippen molar-refractivity contribution in [2.45, 2.75) is 25.3 Å². The van der Waals surface area contributed by atoms with Gasteiger partial charge in [0.05, 0.1) is 12.0 Å². The van der Waals surface area contributed by atoms with Gasteiger partial charge in [-0.15, -0.1) is 0 Å². The van der Waals surface area contributed by atoms with Crippen molar-refractivity contribution in [3.8, 4) is 5.75 Å². The number of methoxy groups -OCH3 is 1. The normalized spacial score (nSPS) is 11.7. The molecule has 2 aromatic rings. The van der Waals surface area contributed by atoms with Gasteiger partial charge in [0, 0.05) is 19.2 Å². The third-order valence-corrected chi connectivity index (χ3v) is 5.38. The lowest BCUT2D eigenvalue weighted by molar-refractivity contribution is 0.398. The monoisotopic (exact) mass is 319 g/mol. The highest BCUT2D eigenvalue weighted by molar-refractivity contribution is 7.89. The molecule has 2 aromatic carbocycles. The fourth-order valence-electron chi connectivity index (χ4n) is 2.25. The van der Waals surface area contributed by atoms with Crippen LogP contribution in [0, 0.1) is 13.8 Å². The van der Waals surface area contributed by atoms with E-state index in [4.69, 9.17) is 4.74 Å². The van der Waals surface area contributed by atoms with Crippen LogP contribution in [0.3, 0.4) is 0 Å². The molecule has 0 aliphatic carbocycles. The Balaban J connectivity index is 2.30. The van der Waals surface area contributed by atoms with Gasteiger partial charge in [-0.2, -0.15) is 4.31 Å². The first kappa shape index (κ1) is 16.5. The van der Waals surface area contributed by atoms with E-state index in [1.807, 2.05) is 32.0 Å². The average Bonchev–Trinajstić information content (AvgIpc) is 2.48. The van der Waals surface area contributed by atoms with Crippen LogP contribution in [0.5, 0.6) is 5.75 Å². The maximum absolute atomic E-state index is 12.6. The van der Waals surface area contributed by atoms with Gasteiger partial charge in [0.2, 0.25) is 10.0 Å². The van der Waals surface area contributed by atoms with Crippen molar-refractivity contribution in [3.63, 3.8) is 0 Å². The molecule has 0 radical (unpaired) electrons. The molecule has 5 heteroatoms. The zero-order valence-corrected chi connectivity index (χ0v) is 14.1. The predicted octanol–water partition coefficient (Wildman–Crippen LogP) is 3.13. The summed E-state index contributed by atoms with van der Waals surface area (Å²) in [6.45, 7) is 4.16. The van der Waals surface area contributed by atoms with Gasteiger partial charge < -0.3 is 4.74 Å². The van der Waals surface area contributed by atoms with Gasteiger partial charge in [-0.3, -0.25) is 0 Å². The van der Waals surface area contributed by atoms with Gasteiger partial charge in [-0.05, 0) is 32.0 Å². The SMILES string of the molecule is COc1ccc(C)cc1CN(C)S(=O)(=O)c1ccc(C)cc1. The molecule has 0 saturated heterocycles. The van der Waals surface area contributed by atoms with E-state index in [0.29, 0.717) is 10.6 Å². The molecule has 0 aliphatic rings. The van der Waals surface area contributed by atoms with Crippen molar-refractivity contribution in [3.05, 3.63) is 59.2 Å². The topological polar surface area (TPSA) is 46.6 Å². The van der Waals surface area contributed by atoms with E-state index in [-0.39, 0.29) is 6.54 Å². The number of nitrogens with zero attached hydrogens (tertiary/aromatic N) is 1. The van der Waals surface area contributed by atoms with Crippen LogP contribution in [-0.4, -0.2) is 26.9 Å². The summed E-state index contributed by atoms with van der Waals surface area (Å²) in [6.07, 6.45) is 0. The van der Waals surface area contributed by atoms with Crippen molar-refractivity contribution in [2.24, 2.45) is 0 Å². The van der Waals surface area contributed by atoms with Crippen molar-refractivity contribution >= 4 is 10.0 Å². The molecule has 0 heterocycles. The van der Waals surface area contributed by atoms with E-state index in [2.05, 4.69) is 0 Å². The Bertz CT molecular complexity index is 752. The fourth-order valence-corrected chi connectivity index (χ4v) is 3.39. The van der Waals surface area contributed by atoms with Gasteiger partial charge in [-0.1, -0.05) is 35.4 Å².